The molecule has 3 aliphatic rings. The van der Waals surface area contributed by atoms with E-state index in [1.54, 1.807) is 4.90 Å². The highest BCUT2D eigenvalue weighted by atomic mass is 16.3. The van der Waals surface area contributed by atoms with Crippen LogP contribution in [0, 0.1) is 0 Å². The summed E-state index contributed by atoms with van der Waals surface area (Å²) >= 11 is 0. The van der Waals surface area contributed by atoms with Crippen LogP contribution in [0.3, 0.4) is 0 Å². The van der Waals surface area contributed by atoms with Gasteiger partial charge in [-0.2, -0.15) is 0 Å². The van der Waals surface area contributed by atoms with E-state index in [1.165, 1.54) is 12.8 Å². The molecule has 6 nitrogen and oxygen atoms in total. The van der Waals surface area contributed by atoms with Gasteiger partial charge in [-0.3, -0.25) is 14.5 Å². The Morgan fingerprint density at radius 3 is 2.55 bits per heavy atom. The van der Waals surface area contributed by atoms with Crippen molar-refractivity contribution in [2.24, 2.45) is 0 Å². The number of rotatable bonds is 4. The number of carbonyl (C=O) groups is 2. The Morgan fingerprint density at radius 2 is 1.82 bits per heavy atom. The quantitative estimate of drug-likeness (QED) is 0.797. The van der Waals surface area contributed by atoms with Crippen LogP contribution in [0.2, 0.25) is 0 Å². The summed E-state index contributed by atoms with van der Waals surface area (Å²) < 4.78 is 0. The van der Waals surface area contributed by atoms with Gasteiger partial charge in [0.15, 0.2) is 0 Å². The number of amides is 2. The maximum absolute atomic E-state index is 12.4. The molecule has 0 spiro atoms. The molecule has 3 rings (SSSR count). The fraction of sp³-hybridized carbons (Fsp3) is 0.875. The molecule has 124 valence electrons. The minimum atomic E-state index is -0.432. The molecule has 6 heteroatoms. The Bertz CT molecular complexity index is 423. The molecule has 0 bridgehead atoms. The minimum absolute atomic E-state index is 0.0686. The first-order valence-corrected chi connectivity index (χ1v) is 8.63. The highest BCUT2D eigenvalue weighted by Gasteiger charge is 2.38. The van der Waals surface area contributed by atoms with E-state index < -0.39 is 6.10 Å². The molecule has 0 aromatic rings. The number of carbonyl (C=O) groups excluding carboxylic acids is 2. The first-order valence-electron chi connectivity index (χ1n) is 8.63. The van der Waals surface area contributed by atoms with Crippen molar-refractivity contribution in [3.8, 4) is 0 Å². The lowest BCUT2D eigenvalue weighted by Gasteiger charge is -2.27. The van der Waals surface area contributed by atoms with E-state index in [4.69, 9.17) is 0 Å². The van der Waals surface area contributed by atoms with Crippen molar-refractivity contribution in [3.63, 3.8) is 0 Å². The van der Waals surface area contributed by atoms with Gasteiger partial charge >= 0.3 is 0 Å². The van der Waals surface area contributed by atoms with Gasteiger partial charge in [0.1, 0.15) is 0 Å². The highest BCUT2D eigenvalue weighted by Crippen LogP contribution is 2.21. The van der Waals surface area contributed by atoms with Crippen LogP contribution >= 0.6 is 0 Å². The monoisotopic (exact) mass is 309 g/mol. The van der Waals surface area contributed by atoms with Crippen molar-refractivity contribution in [1.29, 1.82) is 0 Å². The Labute approximate surface area is 132 Å². The number of hydrogen-bond donors (Lipinski definition) is 1. The summed E-state index contributed by atoms with van der Waals surface area (Å²) in [5.41, 5.74) is 0. The van der Waals surface area contributed by atoms with E-state index in [9.17, 15) is 14.7 Å². The number of nitrogens with zero attached hydrogens (tertiary/aromatic N) is 3. The predicted molar refractivity (Wildman–Crippen MR) is 82.2 cm³/mol. The van der Waals surface area contributed by atoms with Crippen LogP contribution < -0.4 is 0 Å². The maximum Gasteiger partial charge on any atom is 0.224 e. The van der Waals surface area contributed by atoms with Crippen LogP contribution in [0.25, 0.3) is 0 Å². The molecule has 2 amide bonds. The van der Waals surface area contributed by atoms with Crippen LogP contribution in [0.1, 0.15) is 38.5 Å². The summed E-state index contributed by atoms with van der Waals surface area (Å²) in [5.74, 6) is 0.245. The molecular formula is C16H27N3O3. The Balaban J connectivity index is 1.47. The Morgan fingerprint density at radius 1 is 1.09 bits per heavy atom. The third kappa shape index (κ3) is 3.43. The number of aliphatic hydroxyl groups is 1. The van der Waals surface area contributed by atoms with Crippen LogP contribution in [0.4, 0.5) is 0 Å². The molecule has 0 aromatic heterocycles. The third-order valence-corrected chi connectivity index (χ3v) is 5.24. The van der Waals surface area contributed by atoms with Gasteiger partial charge in [-0.25, -0.2) is 0 Å². The van der Waals surface area contributed by atoms with Crippen LogP contribution in [-0.2, 0) is 9.59 Å². The molecule has 0 unspecified atom stereocenters. The van der Waals surface area contributed by atoms with Gasteiger partial charge < -0.3 is 14.9 Å². The lowest BCUT2D eigenvalue weighted by Crippen LogP contribution is -2.42. The minimum Gasteiger partial charge on any atom is -0.390 e. The van der Waals surface area contributed by atoms with Gasteiger partial charge in [0.05, 0.1) is 12.1 Å². The molecule has 3 saturated heterocycles. The van der Waals surface area contributed by atoms with Gasteiger partial charge in [0.2, 0.25) is 11.8 Å². The molecule has 0 radical (unpaired) electrons. The van der Waals surface area contributed by atoms with Gasteiger partial charge in [0, 0.05) is 39.0 Å². The van der Waals surface area contributed by atoms with Crippen LogP contribution in [0.5, 0.6) is 0 Å². The smallest absolute Gasteiger partial charge is 0.224 e. The molecule has 2 atom stereocenters. The van der Waals surface area contributed by atoms with E-state index in [0.717, 1.165) is 32.5 Å². The normalized spacial score (nSPS) is 30.3. The van der Waals surface area contributed by atoms with Gasteiger partial charge in [-0.15, -0.1) is 0 Å². The molecule has 3 heterocycles. The van der Waals surface area contributed by atoms with Gasteiger partial charge in [-0.1, -0.05) is 0 Å². The number of β-amino-alcohol motifs (C(OH)–C–C–N with tert-alkyl or cyclic N) is 1. The van der Waals surface area contributed by atoms with Gasteiger partial charge in [-0.05, 0) is 38.8 Å². The lowest BCUT2D eigenvalue weighted by molar-refractivity contribution is -0.135. The summed E-state index contributed by atoms with van der Waals surface area (Å²) in [7, 11) is 0. The zero-order chi connectivity index (χ0) is 15.5. The lowest BCUT2D eigenvalue weighted by atomic mass is 10.1. The zero-order valence-electron chi connectivity index (χ0n) is 13.2. The third-order valence-electron chi connectivity index (χ3n) is 5.24. The average molecular weight is 309 g/mol. The number of likely N-dealkylation sites (tertiary alicyclic amines) is 3. The summed E-state index contributed by atoms with van der Waals surface area (Å²) in [4.78, 5) is 30.0. The SMILES string of the molecule is O=C1CCCCN1CCC(=O)N1C[C@H](O)[C@@H](N2CCCC2)C1. The van der Waals surface area contributed by atoms with E-state index >= 15 is 0 Å². The summed E-state index contributed by atoms with van der Waals surface area (Å²) in [6.45, 7) is 4.45. The maximum atomic E-state index is 12.4. The molecule has 0 saturated carbocycles. The molecular weight excluding hydrogens is 282 g/mol. The van der Waals surface area contributed by atoms with Gasteiger partial charge in [0.25, 0.3) is 0 Å². The molecule has 1 N–H and O–H groups in total. The summed E-state index contributed by atoms with van der Waals surface area (Å²) in [5, 5.41) is 10.2. The van der Waals surface area contributed by atoms with Crippen LogP contribution in [-0.4, -0.2) is 83.0 Å². The molecule has 3 aliphatic heterocycles. The fourth-order valence-electron chi connectivity index (χ4n) is 3.89. The fourth-order valence-corrected chi connectivity index (χ4v) is 3.89. The van der Waals surface area contributed by atoms with Crippen molar-refractivity contribution >= 4 is 11.8 Å². The largest absolute Gasteiger partial charge is 0.390 e. The standard InChI is InChI=1S/C16H27N3O3/c20-14-12-19(11-13(14)17-7-3-4-8-17)16(22)6-10-18-9-2-1-5-15(18)21/h13-14,20H,1-12H2/t13-,14-/m0/s1. The van der Waals surface area contributed by atoms with Crippen molar-refractivity contribution in [1.82, 2.24) is 14.7 Å². The van der Waals surface area contributed by atoms with E-state index in [-0.39, 0.29) is 17.9 Å². The highest BCUT2D eigenvalue weighted by molar-refractivity contribution is 5.79. The van der Waals surface area contributed by atoms with Crippen molar-refractivity contribution in [2.45, 2.75) is 50.7 Å². The first-order chi connectivity index (χ1) is 10.6. The van der Waals surface area contributed by atoms with Crippen molar-refractivity contribution in [2.75, 3.05) is 39.3 Å². The Hall–Kier alpha value is -1.14. The van der Waals surface area contributed by atoms with E-state index in [2.05, 4.69) is 4.90 Å². The zero-order valence-corrected chi connectivity index (χ0v) is 13.2. The van der Waals surface area contributed by atoms with E-state index in [0.29, 0.717) is 32.5 Å². The van der Waals surface area contributed by atoms with Crippen molar-refractivity contribution in [3.05, 3.63) is 0 Å². The molecule has 0 aliphatic carbocycles. The van der Waals surface area contributed by atoms with Crippen molar-refractivity contribution < 1.29 is 14.7 Å². The second kappa shape index (κ2) is 6.96. The number of hydrogen-bond acceptors (Lipinski definition) is 4. The topological polar surface area (TPSA) is 64.1 Å². The molecule has 3 fully saturated rings. The predicted octanol–water partition coefficient (Wildman–Crippen LogP) is 0.0565. The van der Waals surface area contributed by atoms with Crippen LogP contribution in [0.15, 0.2) is 0 Å². The average Bonchev–Trinajstić information content (AvgIpc) is 3.15. The number of aliphatic hydroxyl groups excluding tert-OH is 1. The molecule has 0 aromatic carbocycles. The summed E-state index contributed by atoms with van der Waals surface area (Å²) in [6, 6.07) is 0.100. The first kappa shape index (κ1) is 15.7. The van der Waals surface area contributed by atoms with E-state index in [1.807, 2.05) is 4.90 Å². The second-order valence-corrected chi connectivity index (χ2v) is 6.76. The number of piperidine rings is 1. The Kier molecular flexibility index (Phi) is 4.98. The second-order valence-electron chi connectivity index (χ2n) is 6.76. The molecule has 22 heavy (non-hydrogen) atoms. The summed E-state index contributed by atoms with van der Waals surface area (Å²) in [6.07, 6.45) is 4.96.